The van der Waals surface area contributed by atoms with E-state index < -0.39 is 5.60 Å². The number of hydrogen-bond acceptors (Lipinski definition) is 4. The van der Waals surface area contributed by atoms with Crippen LogP contribution >= 0.6 is 0 Å². The van der Waals surface area contributed by atoms with E-state index in [-0.39, 0.29) is 11.8 Å². The zero-order valence-corrected chi connectivity index (χ0v) is 13.5. The minimum atomic E-state index is -0.846. The summed E-state index contributed by atoms with van der Waals surface area (Å²) in [5.41, 5.74) is 0.495. The van der Waals surface area contributed by atoms with E-state index in [1.165, 1.54) is 12.4 Å². The number of likely N-dealkylation sites (tertiary alicyclic amines) is 1. The summed E-state index contributed by atoms with van der Waals surface area (Å²) in [6.07, 6.45) is 7.41. The molecule has 2 heterocycles. The van der Waals surface area contributed by atoms with Crippen molar-refractivity contribution in [2.45, 2.75) is 24.9 Å². The van der Waals surface area contributed by atoms with Crippen molar-refractivity contribution in [2.24, 2.45) is 11.8 Å². The summed E-state index contributed by atoms with van der Waals surface area (Å²) in [4.78, 5) is 22.6. The highest BCUT2D eigenvalue weighted by Crippen LogP contribution is 2.48. The van der Waals surface area contributed by atoms with Gasteiger partial charge in [-0.1, -0.05) is 30.3 Å². The first-order chi connectivity index (χ1) is 11.7. The fourth-order valence-corrected chi connectivity index (χ4v) is 4.35. The summed E-state index contributed by atoms with van der Waals surface area (Å²) < 4.78 is 0. The van der Waals surface area contributed by atoms with Gasteiger partial charge in [0.2, 0.25) is 0 Å². The Morgan fingerprint density at radius 1 is 1.21 bits per heavy atom. The molecule has 124 valence electrons. The molecule has 3 atom stereocenters. The number of benzene rings is 1. The molecule has 2 aromatic rings. The predicted octanol–water partition coefficient (Wildman–Crippen LogP) is 2.24. The second-order valence-electron chi connectivity index (χ2n) is 6.85. The Balaban J connectivity index is 1.60. The van der Waals surface area contributed by atoms with Gasteiger partial charge in [0.1, 0.15) is 5.69 Å². The van der Waals surface area contributed by atoms with Gasteiger partial charge in [-0.05, 0) is 30.7 Å². The van der Waals surface area contributed by atoms with E-state index in [4.69, 9.17) is 0 Å². The molecule has 2 fully saturated rings. The Bertz CT molecular complexity index is 722. The molecule has 24 heavy (non-hydrogen) atoms. The Hall–Kier alpha value is -2.27. The molecule has 1 aromatic heterocycles. The van der Waals surface area contributed by atoms with Crippen LogP contribution < -0.4 is 0 Å². The van der Waals surface area contributed by atoms with Crippen molar-refractivity contribution in [3.8, 4) is 0 Å². The van der Waals surface area contributed by atoms with Crippen molar-refractivity contribution in [1.82, 2.24) is 14.9 Å². The molecule has 1 saturated carbocycles. The molecule has 2 aliphatic rings. The van der Waals surface area contributed by atoms with Crippen LogP contribution in [0.1, 0.15) is 35.3 Å². The third kappa shape index (κ3) is 2.49. The molecule has 0 unspecified atom stereocenters. The van der Waals surface area contributed by atoms with Crippen molar-refractivity contribution in [1.29, 1.82) is 0 Å². The molecule has 1 aliphatic heterocycles. The zero-order valence-electron chi connectivity index (χ0n) is 13.5. The Labute approximate surface area is 141 Å². The molecule has 5 heteroatoms. The van der Waals surface area contributed by atoms with Crippen molar-refractivity contribution >= 4 is 5.91 Å². The molecule has 1 saturated heterocycles. The second kappa shape index (κ2) is 5.98. The number of fused-ring (bicyclic) bond motifs is 1. The van der Waals surface area contributed by atoms with E-state index in [9.17, 15) is 9.90 Å². The topological polar surface area (TPSA) is 66.3 Å². The highest BCUT2D eigenvalue weighted by atomic mass is 16.3. The maximum atomic E-state index is 12.7. The minimum Gasteiger partial charge on any atom is -0.385 e. The van der Waals surface area contributed by atoms with Crippen molar-refractivity contribution < 1.29 is 9.90 Å². The lowest BCUT2D eigenvalue weighted by Gasteiger charge is -2.41. The van der Waals surface area contributed by atoms with E-state index >= 15 is 0 Å². The van der Waals surface area contributed by atoms with E-state index in [1.54, 1.807) is 6.20 Å². The van der Waals surface area contributed by atoms with Gasteiger partial charge in [-0.3, -0.25) is 9.78 Å². The molecule has 1 N–H and O–H groups in total. The highest BCUT2D eigenvalue weighted by Gasteiger charge is 2.50. The Morgan fingerprint density at radius 3 is 2.79 bits per heavy atom. The molecule has 1 aliphatic carbocycles. The smallest absolute Gasteiger partial charge is 0.274 e. The van der Waals surface area contributed by atoms with Gasteiger partial charge >= 0.3 is 0 Å². The van der Waals surface area contributed by atoms with Gasteiger partial charge in [0.25, 0.3) is 5.91 Å². The fourth-order valence-electron chi connectivity index (χ4n) is 4.35. The molecule has 4 rings (SSSR count). The van der Waals surface area contributed by atoms with Crippen LogP contribution in [0.2, 0.25) is 0 Å². The molecule has 0 radical (unpaired) electrons. The molecule has 1 aromatic carbocycles. The maximum Gasteiger partial charge on any atom is 0.274 e. The Kier molecular flexibility index (Phi) is 3.81. The average Bonchev–Trinajstić information content (AvgIpc) is 3.08. The largest absolute Gasteiger partial charge is 0.385 e. The predicted molar refractivity (Wildman–Crippen MR) is 89.1 cm³/mol. The fraction of sp³-hybridized carbons (Fsp3) is 0.421. The van der Waals surface area contributed by atoms with Gasteiger partial charge in [0, 0.05) is 31.4 Å². The first kappa shape index (κ1) is 15.3. The van der Waals surface area contributed by atoms with Crippen LogP contribution in [0.4, 0.5) is 0 Å². The van der Waals surface area contributed by atoms with Crippen LogP contribution in [0, 0.1) is 11.8 Å². The monoisotopic (exact) mass is 323 g/mol. The SMILES string of the molecule is O=C(c1cnccn1)N1C[C@H]2CCC[C@](O)(c3ccccc3)[C@H]2C1. The highest BCUT2D eigenvalue weighted by molar-refractivity contribution is 5.92. The summed E-state index contributed by atoms with van der Waals surface area (Å²) in [6.45, 7) is 1.26. The third-order valence-corrected chi connectivity index (χ3v) is 5.53. The van der Waals surface area contributed by atoms with Gasteiger partial charge in [0.05, 0.1) is 11.8 Å². The number of carbonyl (C=O) groups excluding carboxylic acids is 1. The molecular formula is C19H21N3O2. The number of hydrogen-bond donors (Lipinski definition) is 1. The zero-order chi connectivity index (χ0) is 16.6. The van der Waals surface area contributed by atoms with Crippen molar-refractivity contribution in [2.75, 3.05) is 13.1 Å². The first-order valence-corrected chi connectivity index (χ1v) is 8.51. The van der Waals surface area contributed by atoms with Crippen molar-refractivity contribution in [3.63, 3.8) is 0 Å². The van der Waals surface area contributed by atoms with Gasteiger partial charge in [-0.2, -0.15) is 0 Å². The van der Waals surface area contributed by atoms with Gasteiger partial charge < -0.3 is 10.0 Å². The van der Waals surface area contributed by atoms with Crippen molar-refractivity contribution in [3.05, 3.63) is 60.2 Å². The average molecular weight is 323 g/mol. The van der Waals surface area contributed by atoms with E-state index in [0.29, 0.717) is 24.7 Å². The van der Waals surface area contributed by atoms with Gasteiger partial charge in [-0.15, -0.1) is 0 Å². The number of aromatic nitrogens is 2. The first-order valence-electron chi connectivity index (χ1n) is 8.51. The normalized spacial score (nSPS) is 29.3. The summed E-state index contributed by atoms with van der Waals surface area (Å²) in [7, 11) is 0. The van der Waals surface area contributed by atoms with Crippen LogP contribution in [0.3, 0.4) is 0 Å². The van der Waals surface area contributed by atoms with Crippen LogP contribution in [0.25, 0.3) is 0 Å². The molecule has 0 spiro atoms. The summed E-state index contributed by atoms with van der Waals surface area (Å²) >= 11 is 0. The number of aliphatic hydroxyl groups is 1. The lowest BCUT2D eigenvalue weighted by atomic mass is 9.67. The summed E-state index contributed by atoms with van der Waals surface area (Å²) in [5.74, 6) is 0.326. The summed E-state index contributed by atoms with van der Waals surface area (Å²) in [6, 6.07) is 9.89. The number of nitrogens with zero attached hydrogens (tertiary/aromatic N) is 3. The van der Waals surface area contributed by atoms with E-state index in [1.807, 2.05) is 35.2 Å². The maximum absolute atomic E-state index is 12.7. The molecular weight excluding hydrogens is 302 g/mol. The minimum absolute atomic E-state index is 0.0780. The van der Waals surface area contributed by atoms with Gasteiger partial charge in [-0.25, -0.2) is 4.98 Å². The number of amides is 1. The van der Waals surface area contributed by atoms with Crippen LogP contribution in [0.5, 0.6) is 0 Å². The van der Waals surface area contributed by atoms with E-state index in [0.717, 1.165) is 24.8 Å². The lowest BCUT2D eigenvalue weighted by molar-refractivity contribution is -0.0644. The van der Waals surface area contributed by atoms with Crippen LogP contribution in [-0.4, -0.2) is 39.0 Å². The number of rotatable bonds is 2. The van der Waals surface area contributed by atoms with E-state index in [2.05, 4.69) is 9.97 Å². The number of carbonyl (C=O) groups is 1. The standard InChI is InChI=1S/C19H21N3O2/c23-18(17-11-20-9-10-21-17)22-12-14-5-4-8-19(24,16(14)13-22)15-6-2-1-3-7-15/h1-3,6-7,9-11,14,16,24H,4-5,8,12-13H2/t14-,16+,19+/m1/s1. The summed E-state index contributed by atoms with van der Waals surface area (Å²) in [5, 5.41) is 11.4. The molecule has 1 amide bonds. The third-order valence-electron chi connectivity index (χ3n) is 5.53. The second-order valence-corrected chi connectivity index (χ2v) is 6.85. The lowest BCUT2D eigenvalue weighted by Crippen LogP contribution is -2.43. The Morgan fingerprint density at radius 2 is 2.04 bits per heavy atom. The van der Waals surface area contributed by atoms with Crippen LogP contribution in [-0.2, 0) is 5.60 Å². The quantitative estimate of drug-likeness (QED) is 0.920. The molecule has 5 nitrogen and oxygen atoms in total. The van der Waals surface area contributed by atoms with Crippen LogP contribution in [0.15, 0.2) is 48.9 Å². The van der Waals surface area contributed by atoms with Gasteiger partial charge in [0.15, 0.2) is 0 Å². The molecule has 0 bridgehead atoms.